The van der Waals surface area contributed by atoms with E-state index in [1.165, 1.54) is 35.8 Å². The highest BCUT2D eigenvalue weighted by Gasteiger charge is 2.41. The SMILES string of the molecule is COCCOCCOCCN(CC(C)(C)SSCCC(C(=O)ON1C(=O)CCC1=O)S(=O)(=O)O)c1cc(COc2cc3c(cc2OC)C(=O)N2c4ccccc4C[C@H]2C=N3)cc(COc2cc3c(cc2OC)C(=O)N2C(=CN3)Cc3ccccc32)c1. The number of fused-ring (bicyclic) bond motifs is 8. The van der Waals surface area contributed by atoms with Crippen LogP contribution in [0.1, 0.15) is 76.1 Å². The van der Waals surface area contributed by atoms with Crippen molar-refractivity contribution in [3.63, 3.8) is 0 Å². The van der Waals surface area contributed by atoms with Crippen LogP contribution in [0.4, 0.5) is 28.4 Å². The molecule has 0 saturated carbocycles. The van der Waals surface area contributed by atoms with Crippen molar-refractivity contribution < 1.29 is 74.9 Å². The number of anilines is 4. The van der Waals surface area contributed by atoms with E-state index in [0.717, 1.165) is 45.0 Å². The number of methoxy groups -OCH3 is 3. The molecule has 5 heterocycles. The number of ether oxygens (including phenoxy) is 7. The lowest BCUT2D eigenvalue weighted by Crippen LogP contribution is -2.40. The topological polar surface area (TPSA) is 251 Å². The van der Waals surface area contributed by atoms with Gasteiger partial charge in [-0.3, -0.25) is 38.5 Å². The number of para-hydroxylation sites is 2. The molecule has 0 radical (unpaired) electrons. The molecule has 5 aromatic rings. The molecule has 1 unspecified atom stereocenters. The number of nitrogens with one attached hydrogen (secondary N) is 1. The van der Waals surface area contributed by atoms with Gasteiger partial charge in [-0.1, -0.05) is 58.0 Å². The first-order valence-electron chi connectivity index (χ1n) is 27.8. The van der Waals surface area contributed by atoms with Crippen molar-refractivity contribution in [1.82, 2.24) is 5.06 Å². The summed E-state index contributed by atoms with van der Waals surface area (Å²) in [6, 6.07) is 28.1. The third kappa shape index (κ3) is 13.9. The van der Waals surface area contributed by atoms with E-state index in [1.54, 1.807) is 47.4 Å². The maximum atomic E-state index is 14.3. The molecule has 22 nitrogen and oxygen atoms in total. The van der Waals surface area contributed by atoms with E-state index >= 15 is 0 Å². The fourth-order valence-electron chi connectivity index (χ4n) is 10.7. The monoisotopic (exact) mass is 1230 g/mol. The fraction of sp³-hybridized carbons (Fsp3) is 0.377. The Hall–Kier alpha value is -7.65. The van der Waals surface area contributed by atoms with Crippen molar-refractivity contribution in [2.45, 2.75) is 75.2 Å². The molecule has 4 amide bonds. The van der Waals surface area contributed by atoms with Crippen molar-refractivity contribution in [3.05, 3.63) is 136 Å². The molecule has 0 spiro atoms. The number of imide groups is 1. The second-order valence-electron chi connectivity index (χ2n) is 21.3. The molecule has 454 valence electrons. The van der Waals surface area contributed by atoms with Gasteiger partial charge < -0.3 is 48.2 Å². The molecule has 2 atom stereocenters. The highest BCUT2D eigenvalue weighted by molar-refractivity contribution is 8.77. The smallest absolute Gasteiger partial charge is 0.353 e. The number of allylic oxidation sites excluding steroid dienone is 1. The van der Waals surface area contributed by atoms with Gasteiger partial charge >= 0.3 is 5.97 Å². The number of amides is 4. The van der Waals surface area contributed by atoms with Crippen molar-refractivity contribution in [2.24, 2.45) is 4.99 Å². The Kier molecular flexibility index (Phi) is 19.3. The molecule has 1 saturated heterocycles. The van der Waals surface area contributed by atoms with Gasteiger partial charge in [0.2, 0.25) is 0 Å². The summed E-state index contributed by atoms with van der Waals surface area (Å²) in [4.78, 5) is 81.1. The van der Waals surface area contributed by atoms with Gasteiger partial charge in [0, 0.05) is 98.0 Å². The van der Waals surface area contributed by atoms with Gasteiger partial charge in [-0.05, 0) is 85.0 Å². The van der Waals surface area contributed by atoms with E-state index in [2.05, 4.69) is 10.2 Å². The van der Waals surface area contributed by atoms with Gasteiger partial charge in [0.15, 0.2) is 28.2 Å². The van der Waals surface area contributed by atoms with E-state index in [1.807, 2.05) is 86.8 Å². The van der Waals surface area contributed by atoms with Crippen LogP contribution in [-0.4, -0.2) is 143 Å². The van der Waals surface area contributed by atoms with Gasteiger partial charge in [0.1, 0.15) is 13.2 Å². The first kappa shape index (κ1) is 61.4. The Balaban J connectivity index is 0.925. The zero-order valence-corrected chi connectivity index (χ0v) is 50.6. The largest absolute Gasteiger partial charge is 0.493 e. The fourth-order valence-corrected chi connectivity index (χ4v) is 14.1. The molecular formula is C61H66N6O16S3. The van der Waals surface area contributed by atoms with Crippen LogP contribution in [0.15, 0.2) is 108 Å². The second kappa shape index (κ2) is 26.9. The Bertz CT molecular complexity index is 3580. The van der Waals surface area contributed by atoms with Crippen molar-refractivity contribution in [2.75, 3.05) is 93.2 Å². The summed E-state index contributed by atoms with van der Waals surface area (Å²) < 4.78 is 76.2. The Morgan fingerprint density at radius 2 is 1.42 bits per heavy atom. The number of carbonyl (C=O) groups excluding carboxylic acids is 5. The van der Waals surface area contributed by atoms with Crippen molar-refractivity contribution >= 4 is 96.0 Å². The number of benzene rings is 5. The lowest BCUT2D eigenvalue weighted by Gasteiger charge is -2.34. The molecule has 5 aliphatic heterocycles. The predicted octanol–water partition coefficient (Wildman–Crippen LogP) is 8.52. The number of hydroxylamine groups is 2. The lowest BCUT2D eigenvalue weighted by molar-refractivity contribution is -0.197. The van der Waals surface area contributed by atoms with E-state index in [4.69, 9.17) is 43.0 Å². The van der Waals surface area contributed by atoms with E-state index in [9.17, 15) is 36.9 Å². The summed E-state index contributed by atoms with van der Waals surface area (Å²) in [7, 11) is 2.31. The predicted molar refractivity (Wildman–Crippen MR) is 326 cm³/mol. The van der Waals surface area contributed by atoms with Gasteiger partial charge in [-0.25, -0.2) is 4.79 Å². The van der Waals surface area contributed by atoms with Crippen LogP contribution >= 0.6 is 21.6 Å². The summed E-state index contributed by atoms with van der Waals surface area (Å²) in [5, 5.41) is 1.54. The van der Waals surface area contributed by atoms with Crippen molar-refractivity contribution in [3.8, 4) is 23.0 Å². The molecule has 0 aliphatic carbocycles. The van der Waals surface area contributed by atoms with Gasteiger partial charge in [0.25, 0.3) is 33.7 Å². The van der Waals surface area contributed by atoms with Crippen LogP contribution in [-0.2, 0) is 69.6 Å². The van der Waals surface area contributed by atoms with E-state index in [0.29, 0.717) is 97.9 Å². The molecule has 0 bridgehead atoms. The van der Waals surface area contributed by atoms with Crippen LogP contribution in [0.2, 0.25) is 0 Å². The molecule has 5 aliphatic rings. The quantitative estimate of drug-likeness (QED) is 0.0206. The summed E-state index contributed by atoms with van der Waals surface area (Å²) in [5.41, 5.74) is 8.52. The third-order valence-corrected chi connectivity index (χ3v) is 19.2. The lowest BCUT2D eigenvalue weighted by atomic mass is 10.1. The van der Waals surface area contributed by atoms with Crippen LogP contribution in [0.25, 0.3) is 0 Å². The maximum Gasteiger partial charge on any atom is 0.353 e. The number of carbonyl (C=O) groups is 5. The maximum absolute atomic E-state index is 14.3. The summed E-state index contributed by atoms with van der Waals surface area (Å²) in [6.45, 7) is 6.60. The molecule has 1 fully saturated rings. The minimum absolute atomic E-state index is 0.0207. The van der Waals surface area contributed by atoms with Crippen LogP contribution in [0.3, 0.4) is 0 Å². The summed E-state index contributed by atoms with van der Waals surface area (Å²) in [6.07, 6.45) is 4.09. The Morgan fingerprint density at radius 1 is 0.779 bits per heavy atom. The molecule has 86 heavy (non-hydrogen) atoms. The van der Waals surface area contributed by atoms with Gasteiger partial charge in [-0.2, -0.15) is 8.42 Å². The first-order valence-corrected chi connectivity index (χ1v) is 31.7. The van der Waals surface area contributed by atoms with Gasteiger partial charge in [0.05, 0.1) is 81.5 Å². The number of nitrogens with zero attached hydrogens (tertiary/aromatic N) is 5. The highest BCUT2D eigenvalue weighted by atomic mass is 33.1. The van der Waals surface area contributed by atoms with E-state index < -0.39 is 37.9 Å². The zero-order valence-electron chi connectivity index (χ0n) is 48.1. The molecule has 25 heteroatoms. The normalized spacial score (nSPS) is 16.2. The first-order chi connectivity index (χ1) is 41.4. The minimum Gasteiger partial charge on any atom is -0.493 e. The second-order valence-corrected chi connectivity index (χ2v) is 26.0. The zero-order chi connectivity index (χ0) is 60.7. The molecule has 0 aromatic heterocycles. The highest BCUT2D eigenvalue weighted by Crippen LogP contribution is 2.44. The third-order valence-electron chi connectivity index (χ3n) is 14.8. The summed E-state index contributed by atoms with van der Waals surface area (Å²) in [5.74, 6) is -1.97. The molecule has 10 rings (SSSR count). The minimum atomic E-state index is -4.99. The van der Waals surface area contributed by atoms with Crippen LogP contribution < -0.4 is 39.0 Å². The average molecular weight is 1240 g/mol. The summed E-state index contributed by atoms with van der Waals surface area (Å²) >= 11 is 0. The standard InChI is InChI=1S/C61H66N6O16S3/c1-61(2,85-84-23-16-55(86(73,74)75)60(72)83-67-56(68)14-15-57(67)69)37-64(17-18-79-21-22-80-20-19-76-3)42-25-38(35-81-53-31-47-45(29-51(53)77-4)58(70)65-43(33-62-47)27-40-10-6-8-12-49(40)65)24-39(26-42)36-82-54-32-48-46(30-52(54)78-5)59(71)66-44(34-63-48)28-41-11-7-9-13-50(41)66/h6-13,24-26,29-34,43,55,63H,14-23,27-28,35-37H2,1-5H3,(H,73,74,75)/t43-,55?/m0/s1. The number of hydrogen-bond donors (Lipinski definition) is 2. The van der Waals surface area contributed by atoms with Crippen LogP contribution in [0.5, 0.6) is 23.0 Å². The number of aliphatic imine (C=N–C) groups is 1. The number of hydrogen-bond acceptors (Lipinski definition) is 20. The Morgan fingerprint density at radius 3 is 2.10 bits per heavy atom. The number of rotatable bonds is 28. The van der Waals surface area contributed by atoms with Crippen LogP contribution in [0, 0.1) is 0 Å². The van der Waals surface area contributed by atoms with Crippen molar-refractivity contribution in [1.29, 1.82) is 0 Å². The van der Waals surface area contributed by atoms with E-state index in [-0.39, 0.29) is 67.8 Å². The Labute approximate surface area is 506 Å². The molecular weight excluding hydrogens is 1170 g/mol. The average Bonchev–Trinajstić information content (AvgIpc) is 1.98. The molecule has 2 N–H and O–H groups in total. The van der Waals surface area contributed by atoms with Gasteiger partial charge in [-0.15, -0.1) is 5.06 Å². The molecule has 5 aromatic carbocycles.